The molecule has 78 heavy (non-hydrogen) atoms. The number of hydrogen-bond acceptors (Lipinski definition) is 4. The van der Waals surface area contributed by atoms with Crippen molar-refractivity contribution in [2.45, 2.75) is 237 Å². The van der Waals surface area contributed by atoms with Crippen LogP contribution in [0, 0.1) is 0 Å². The van der Waals surface area contributed by atoms with E-state index in [1.54, 1.807) is 29.4 Å². The molecule has 3 aliphatic rings. The number of fused-ring (bicyclic) bond motifs is 1. The molecule has 0 N–H and O–H groups in total. The summed E-state index contributed by atoms with van der Waals surface area (Å²) in [6, 6.07) is 36.3. The zero-order valence-corrected chi connectivity index (χ0v) is 61.6. The first-order chi connectivity index (χ1) is 36.6. The van der Waals surface area contributed by atoms with Crippen molar-refractivity contribution in [1.82, 2.24) is 0 Å². The summed E-state index contributed by atoms with van der Waals surface area (Å²) in [7, 11) is 4.93. The van der Waals surface area contributed by atoms with Crippen LogP contribution in [0.3, 0.4) is 0 Å². The van der Waals surface area contributed by atoms with Gasteiger partial charge in [-0.05, 0) is 0 Å². The molecule has 3 heterocycles. The average molecular weight is 1330 g/mol. The molecule has 2 bridgehead atoms. The Kier molecular flexibility index (Phi) is 19.6. The van der Waals surface area contributed by atoms with Crippen LogP contribution >= 0.6 is 28.2 Å². The van der Waals surface area contributed by atoms with Gasteiger partial charge >= 0.3 is 497 Å². The summed E-state index contributed by atoms with van der Waals surface area (Å²) in [5.41, 5.74) is 30.5. The van der Waals surface area contributed by atoms with Gasteiger partial charge in [0.2, 0.25) is 0 Å². The van der Waals surface area contributed by atoms with Crippen molar-refractivity contribution in [3.8, 4) is 44.5 Å². The molecule has 0 atom stereocenters. The molecule has 0 saturated carbocycles. The minimum absolute atomic E-state index is 0.392. The van der Waals surface area contributed by atoms with Crippen molar-refractivity contribution in [3.63, 3.8) is 0 Å². The maximum absolute atomic E-state index is 3.62. The van der Waals surface area contributed by atoms with Gasteiger partial charge in [-0.15, -0.1) is 0 Å². The summed E-state index contributed by atoms with van der Waals surface area (Å²) in [6.45, 7) is 58.4. The van der Waals surface area contributed by atoms with Crippen molar-refractivity contribution in [2.24, 2.45) is 0 Å². The molecule has 6 heteroatoms. The first-order valence-electron chi connectivity index (χ1n) is 30.3. The summed E-state index contributed by atoms with van der Waals surface area (Å²) < 4.78 is 3.54. The van der Waals surface area contributed by atoms with E-state index >= 15 is 0 Å². The Morgan fingerprint density at radius 1 is 0.244 bits per heavy atom. The number of benzene rings is 6. The van der Waals surface area contributed by atoms with Crippen molar-refractivity contribution >= 4 is 63.8 Å². The molecule has 0 aliphatic carbocycles. The van der Waals surface area contributed by atoms with E-state index in [2.05, 4.69) is 279 Å². The van der Waals surface area contributed by atoms with Crippen molar-refractivity contribution in [3.05, 3.63) is 152 Å². The van der Waals surface area contributed by atoms with Crippen LogP contribution in [-0.2, 0) is 0 Å². The van der Waals surface area contributed by atoms with Crippen LogP contribution in [0.25, 0.3) is 44.5 Å². The molecular weight excluding hydrogens is 1230 g/mol. The van der Waals surface area contributed by atoms with E-state index in [-0.39, 0.29) is 0 Å². The fourth-order valence-corrected chi connectivity index (χ4v) is 457. The second-order valence-electron chi connectivity index (χ2n) is 27.1. The molecule has 6 aromatic rings. The topological polar surface area (TPSA) is 0 Å². The first-order valence-corrected chi connectivity index (χ1v) is 57.9. The first kappa shape index (κ1) is 62.4. The number of hydrogen-bond donors (Lipinski definition) is 0. The molecular formula is C72H98S4Sn2. The Bertz CT molecular complexity index is 2660. The molecule has 3 saturated heterocycles. The summed E-state index contributed by atoms with van der Waals surface area (Å²) in [5.74, 6) is 4.99. The minimum atomic E-state index is -3.62. The second kappa shape index (κ2) is 24.5. The van der Waals surface area contributed by atoms with Gasteiger partial charge in [-0.2, -0.15) is 0 Å². The average Bonchev–Trinajstić information content (AvgIpc) is 3.94. The van der Waals surface area contributed by atoms with Gasteiger partial charge in [0.25, 0.3) is 0 Å². The van der Waals surface area contributed by atoms with Crippen LogP contribution in [-0.4, -0.2) is 28.5 Å². The fraction of sp³-hybridized carbons (Fsp3) is 0.500. The molecule has 0 aromatic heterocycles. The van der Waals surface area contributed by atoms with Crippen molar-refractivity contribution in [1.29, 1.82) is 0 Å². The normalized spacial score (nSPS) is 17.7. The Morgan fingerprint density at radius 3 is 0.551 bits per heavy atom. The van der Waals surface area contributed by atoms with E-state index < -0.39 is 28.5 Å². The van der Waals surface area contributed by atoms with Gasteiger partial charge in [0.05, 0.1) is 0 Å². The van der Waals surface area contributed by atoms with E-state index in [0.717, 1.165) is 0 Å². The molecule has 0 nitrogen and oxygen atoms in total. The van der Waals surface area contributed by atoms with Gasteiger partial charge in [0.1, 0.15) is 0 Å². The van der Waals surface area contributed by atoms with Gasteiger partial charge < -0.3 is 0 Å². The summed E-state index contributed by atoms with van der Waals surface area (Å²) in [4.78, 5) is 0. The predicted octanol–water partition coefficient (Wildman–Crippen LogP) is 23.7. The van der Waals surface area contributed by atoms with Crippen LogP contribution in [0.4, 0.5) is 0 Å². The molecule has 418 valence electrons. The van der Waals surface area contributed by atoms with E-state index in [4.69, 9.17) is 0 Å². The molecule has 3 aliphatic heterocycles. The fourth-order valence-electron chi connectivity index (χ4n) is 12.5. The molecule has 6 aromatic carbocycles. The van der Waals surface area contributed by atoms with Crippen LogP contribution < -0.4 is 7.16 Å². The number of rotatable bonds is 18. The Morgan fingerprint density at radius 2 is 0.410 bits per heavy atom. The molecule has 0 amide bonds. The van der Waals surface area contributed by atoms with Crippen molar-refractivity contribution < 1.29 is 0 Å². The standard InChI is InChI=1S/2C36H49.S2.2S.2Sn/c2*1-21(2)29-17-31(23(5)6)35(32(18-29)24(7)8)27-14-13-15-28(16-27)36-33(25(9)10)19-30(22(3)4)20-34(36)26(11)12;1-2;;;;/h2*13-15,17-26H,1-12H3;;;;;/q;;-2;;;2*+1. The third-order valence-corrected chi connectivity index (χ3v) is 240. The van der Waals surface area contributed by atoms with Gasteiger partial charge in [-0.3, -0.25) is 0 Å². The van der Waals surface area contributed by atoms with Crippen LogP contribution in [0.1, 0.15) is 304 Å². The third kappa shape index (κ3) is 11.6. The van der Waals surface area contributed by atoms with Crippen LogP contribution in [0.2, 0.25) is 0 Å². The van der Waals surface area contributed by atoms with E-state index in [1.165, 1.54) is 89.0 Å². The zero-order chi connectivity index (χ0) is 57.4. The summed E-state index contributed by atoms with van der Waals surface area (Å²) in [6.07, 6.45) is 5.37. The van der Waals surface area contributed by atoms with Gasteiger partial charge in [-0.25, -0.2) is 0 Å². The Hall–Kier alpha value is -1.68. The predicted molar refractivity (Wildman–Crippen MR) is 365 cm³/mol. The second-order valence-corrected chi connectivity index (χ2v) is 109. The Balaban J connectivity index is 1.54. The molecule has 0 radical (unpaired) electrons. The van der Waals surface area contributed by atoms with E-state index in [1.807, 2.05) is 0 Å². The van der Waals surface area contributed by atoms with E-state index in [0.29, 0.717) is 71.0 Å². The van der Waals surface area contributed by atoms with Gasteiger partial charge in [0, 0.05) is 0 Å². The monoisotopic (exact) mass is 1330 g/mol. The summed E-state index contributed by atoms with van der Waals surface area (Å²) >= 11 is -7.23. The van der Waals surface area contributed by atoms with E-state index in [9.17, 15) is 0 Å². The zero-order valence-electron chi connectivity index (χ0n) is 52.6. The molecule has 0 unspecified atom stereocenters. The molecule has 0 spiro atoms. The Labute approximate surface area is 492 Å². The van der Waals surface area contributed by atoms with Gasteiger partial charge in [-0.1, -0.05) is 0 Å². The van der Waals surface area contributed by atoms with Gasteiger partial charge in [0.15, 0.2) is 0 Å². The third-order valence-electron chi connectivity index (χ3n) is 17.1. The molecule has 9 rings (SSSR count). The SMILES string of the molecule is CC(C)c1cc(C(C)C)c(-c2cccc(-c3c(C(C)C)cc(C(C)C)cc3C(C)C)[c]2[Sn]23[S][S][Sn]([c]4c(-c5c(C(C)C)cc(C(C)C)cc5C(C)C)cccc4-c4c(C(C)C)cc(C(C)C)cc4C(C)C)([S]2)[S]3)c(C(C)C)c1. The van der Waals surface area contributed by atoms with Crippen molar-refractivity contribution in [2.75, 3.05) is 0 Å². The van der Waals surface area contributed by atoms with Crippen LogP contribution in [0.15, 0.2) is 84.9 Å². The molecule has 3 fully saturated rings. The van der Waals surface area contributed by atoms with Crippen LogP contribution in [0.5, 0.6) is 0 Å². The summed E-state index contributed by atoms with van der Waals surface area (Å²) in [5, 5.41) is 0. The maximum atomic E-state index is 2.69. The quantitative estimate of drug-likeness (QED) is 0.0621.